The summed E-state index contributed by atoms with van der Waals surface area (Å²) >= 11 is 0. The molecular formula is C13H20N2O4. The van der Waals surface area contributed by atoms with Crippen molar-refractivity contribution in [2.24, 2.45) is 11.8 Å². The Hall–Kier alpha value is -1.85. The lowest BCUT2D eigenvalue weighted by atomic mass is 9.82. The first-order chi connectivity index (χ1) is 8.97. The molecule has 0 radical (unpaired) electrons. The number of carboxylic acids is 1. The van der Waals surface area contributed by atoms with Gasteiger partial charge < -0.3 is 15.3 Å². The molecule has 6 heteroatoms. The maximum Gasteiger partial charge on any atom is 0.307 e. The molecule has 0 saturated heterocycles. The van der Waals surface area contributed by atoms with Crippen molar-refractivity contribution in [3.63, 3.8) is 0 Å². The summed E-state index contributed by atoms with van der Waals surface area (Å²) in [4.78, 5) is 36.1. The molecule has 0 aromatic carbocycles. The van der Waals surface area contributed by atoms with E-state index in [-0.39, 0.29) is 18.4 Å². The van der Waals surface area contributed by atoms with Crippen LogP contribution in [0.4, 0.5) is 0 Å². The van der Waals surface area contributed by atoms with E-state index in [1.54, 1.807) is 13.1 Å². The van der Waals surface area contributed by atoms with Gasteiger partial charge in [0.1, 0.15) is 0 Å². The second kappa shape index (κ2) is 6.92. The number of nitrogens with one attached hydrogen (secondary N) is 1. The van der Waals surface area contributed by atoms with Crippen LogP contribution in [0.25, 0.3) is 0 Å². The van der Waals surface area contributed by atoms with Crippen molar-refractivity contribution < 1.29 is 19.5 Å². The van der Waals surface area contributed by atoms with E-state index in [1.807, 2.05) is 13.0 Å². The highest BCUT2D eigenvalue weighted by atomic mass is 16.4. The van der Waals surface area contributed by atoms with Gasteiger partial charge >= 0.3 is 5.97 Å². The van der Waals surface area contributed by atoms with Gasteiger partial charge in [0.2, 0.25) is 11.8 Å². The monoisotopic (exact) mass is 268 g/mol. The van der Waals surface area contributed by atoms with Crippen LogP contribution in [0.3, 0.4) is 0 Å². The fourth-order valence-corrected chi connectivity index (χ4v) is 1.98. The minimum absolute atomic E-state index is 0.0876. The fraction of sp³-hybridized carbons (Fsp3) is 0.615. The number of amides is 2. The zero-order chi connectivity index (χ0) is 14.4. The van der Waals surface area contributed by atoms with Crippen molar-refractivity contribution >= 4 is 17.8 Å². The Morgan fingerprint density at radius 1 is 1.26 bits per heavy atom. The molecule has 0 bridgehead atoms. The molecule has 1 rings (SSSR count). The van der Waals surface area contributed by atoms with Gasteiger partial charge in [-0.15, -0.1) is 0 Å². The number of hydrogen-bond acceptors (Lipinski definition) is 3. The van der Waals surface area contributed by atoms with E-state index in [0.717, 1.165) is 0 Å². The Balaban J connectivity index is 2.55. The summed E-state index contributed by atoms with van der Waals surface area (Å²) in [5.74, 6) is -2.82. The van der Waals surface area contributed by atoms with E-state index < -0.39 is 17.8 Å². The lowest BCUT2D eigenvalue weighted by Crippen LogP contribution is -2.43. The molecule has 2 atom stereocenters. The molecule has 0 aromatic rings. The third-order valence-corrected chi connectivity index (χ3v) is 3.40. The van der Waals surface area contributed by atoms with Crippen LogP contribution in [0.5, 0.6) is 0 Å². The van der Waals surface area contributed by atoms with Crippen LogP contribution in [-0.4, -0.2) is 47.9 Å². The molecule has 106 valence electrons. The number of rotatable bonds is 5. The first-order valence-corrected chi connectivity index (χ1v) is 6.36. The van der Waals surface area contributed by atoms with E-state index in [9.17, 15) is 14.4 Å². The van der Waals surface area contributed by atoms with Gasteiger partial charge in [-0.1, -0.05) is 12.2 Å². The van der Waals surface area contributed by atoms with E-state index in [2.05, 4.69) is 5.32 Å². The van der Waals surface area contributed by atoms with E-state index in [1.165, 1.54) is 4.90 Å². The summed E-state index contributed by atoms with van der Waals surface area (Å²) in [6.45, 7) is 2.32. The Morgan fingerprint density at radius 2 is 1.84 bits per heavy atom. The highest BCUT2D eigenvalue weighted by molar-refractivity contribution is 5.88. The minimum atomic E-state index is -0.971. The predicted molar refractivity (Wildman–Crippen MR) is 69.3 cm³/mol. The molecule has 0 heterocycles. The average Bonchev–Trinajstić information content (AvgIpc) is 2.43. The van der Waals surface area contributed by atoms with Gasteiger partial charge in [-0.05, 0) is 19.8 Å². The summed E-state index contributed by atoms with van der Waals surface area (Å²) in [6, 6.07) is 0. The first-order valence-electron chi connectivity index (χ1n) is 6.36. The normalized spacial score (nSPS) is 21.8. The molecule has 0 unspecified atom stereocenters. The third-order valence-electron chi connectivity index (χ3n) is 3.40. The molecule has 0 aliphatic heterocycles. The Labute approximate surface area is 112 Å². The highest BCUT2D eigenvalue weighted by Gasteiger charge is 2.33. The number of allylic oxidation sites excluding steroid dienone is 2. The number of nitrogens with zero attached hydrogens (tertiary/aromatic N) is 1. The van der Waals surface area contributed by atoms with E-state index in [0.29, 0.717) is 19.4 Å². The van der Waals surface area contributed by atoms with Crippen molar-refractivity contribution in [1.29, 1.82) is 0 Å². The molecule has 0 saturated carbocycles. The maximum absolute atomic E-state index is 11.9. The number of carboxylic acid groups (broad SMARTS) is 1. The third kappa shape index (κ3) is 4.08. The van der Waals surface area contributed by atoms with Crippen molar-refractivity contribution in [1.82, 2.24) is 10.2 Å². The number of hydrogen-bond donors (Lipinski definition) is 2. The van der Waals surface area contributed by atoms with Crippen molar-refractivity contribution in [3.8, 4) is 0 Å². The summed E-state index contributed by atoms with van der Waals surface area (Å²) in [6.07, 6.45) is 4.35. The Kier molecular flexibility index (Phi) is 5.54. The molecule has 2 amide bonds. The largest absolute Gasteiger partial charge is 0.481 e. The highest BCUT2D eigenvalue weighted by Crippen LogP contribution is 2.25. The van der Waals surface area contributed by atoms with Crippen LogP contribution < -0.4 is 5.32 Å². The van der Waals surface area contributed by atoms with Gasteiger partial charge in [0.05, 0.1) is 18.4 Å². The Bertz CT molecular complexity index is 392. The van der Waals surface area contributed by atoms with Crippen LogP contribution in [0.1, 0.15) is 19.8 Å². The standard InChI is InChI=1S/C13H20N2O4/c1-3-15(2)11(16)8-14-12(17)9-6-4-5-7-10(9)13(18)19/h4-5,9-10H,3,6-8H2,1-2H3,(H,14,17)(H,18,19)/t9-,10+/m1/s1. The number of carbonyl (C=O) groups excluding carboxylic acids is 2. The van der Waals surface area contributed by atoms with Gasteiger partial charge in [0, 0.05) is 13.6 Å². The second-order valence-electron chi connectivity index (χ2n) is 4.62. The summed E-state index contributed by atoms with van der Waals surface area (Å²) in [5.41, 5.74) is 0. The number of aliphatic carboxylic acids is 1. The van der Waals surface area contributed by atoms with Gasteiger partial charge in [-0.2, -0.15) is 0 Å². The zero-order valence-corrected chi connectivity index (χ0v) is 11.3. The fourth-order valence-electron chi connectivity index (χ4n) is 1.98. The lowest BCUT2D eigenvalue weighted by molar-refractivity contribution is -0.147. The van der Waals surface area contributed by atoms with Crippen LogP contribution in [0, 0.1) is 11.8 Å². The van der Waals surface area contributed by atoms with Crippen LogP contribution in [-0.2, 0) is 14.4 Å². The van der Waals surface area contributed by atoms with E-state index >= 15 is 0 Å². The van der Waals surface area contributed by atoms with Gasteiger partial charge in [0.25, 0.3) is 0 Å². The molecule has 0 aromatic heterocycles. The average molecular weight is 268 g/mol. The summed E-state index contributed by atoms with van der Waals surface area (Å²) in [5, 5.41) is 11.6. The predicted octanol–water partition coefficient (Wildman–Crippen LogP) is 0.248. The van der Waals surface area contributed by atoms with Gasteiger partial charge in [-0.25, -0.2) is 0 Å². The van der Waals surface area contributed by atoms with Crippen LogP contribution in [0.15, 0.2) is 12.2 Å². The number of carbonyl (C=O) groups is 3. The maximum atomic E-state index is 11.9. The molecular weight excluding hydrogens is 248 g/mol. The molecule has 19 heavy (non-hydrogen) atoms. The molecule has 1 aliphatic rings. The van der Waals surface area contributed by atoms with Crippen LogP contribution >= 0.6 is 0 Å². The zero-order valence-electron chi connectivity index (χ0n) is 11.3. The molecule has 2 N–H and O–H groups in total. The quantitative estimate of drug-likeness (QED) is 0.700. The summed E-state index contributed by atoms with van der Waals surface area (Å²) < 4.78 is 0. The second-order valence-corrected chi connectivity index (χ2v) is 4.62. The lowest BCUT2D eigenvalue weighted by Gasteiger charge is -2.24. The van der Waals surface area contributed by atoms with Crippen LogP contribution in [0.2, 0.25) is 0 Å². The molecule has 6 nitrogen and oxygen atoms in total. The minimum Gasteiger partial charge on any atom is -0.481 e. The first kappa shape index (κ1) is 15.2. The summed E-state index contributed by atoms with van der Waals surface area (Å²) in [7, 11) is 1.65. The molecule has 0 fully saturated rings. The molecule has 0 spiro atoms. The number of likely N-dealkylation sites (N-methyl/N-ethyl adjacent to an activating group) is 1. The van der Waals surface area contributed by atoms with Crippen molar-refractivity contribution in [2.45, 2.75) is 19.8 Å². The Morgan fingerprint density at radius 3 is 2.37 bits per heavy atom. The van der Waals surface area contributed by atoms with Crippen molar-refractivity contribution in [2.75, 3.05) is 20.1 Å². The topological polar surface area (TPSA) is 86.7 Å². The van der Waals surface area contributed by atoms with Gasteiger partial charge in [0.15, 0.2) is 0 Å². The smallest absolute Gasteiger partial charge is 0.307 e. The van der Waals surface area contributed by atoms with Crippen molar-refractivity contribution in [3.05, 3.63) is 12.2 Å². The van der Waals surface area contributed by atoms with E-state index in [4.69, 9.17) is 5.11 Å². The molecule has 1 aliphatic carbocycles. The van der Waals surface area contributed by atoms with Gasteiger partial charge in [-0.3, -0.25) is 14.4 Å². The SMILES string of the molecule is CCN(C)C(=O)CNC(=O)[C@@H]1CC=CC[C@@H]1C(=O)O.